The first-order valence-electron chi connectivity index (χ1n) is 9.66. The minimum Gasteiger partial charge on any atom is -0.463 e. The van der Waals surface area contributed by atoms with E-state index in [9.17, 15) is 9.59 Å². The SMILES string of the molecule is CCOC(=O)C1=C(C)NC2SC(=O)/C(=C\c3ccccc3Cl)N2C1c1ccccc1. The van der Waals surface area contributed by atoms with Gasteiger partial charge in [-0.15, -0.1) is 0 Å². The van der Waals surface area contributed by atoms with Crippen LogP contribution in [0.5, 0.6) is 0 Å². The molecule has 0 spiro atoms. The maximum Gasteiger partial charge on any atom is 0.338 e. The van der Waals surface area contributed by atoms with Gasteiger partial charge in [0, 0.05) is 10.7 Å². The molecule has 1 saturated heterocycles. The largest absolute Gasteiger partial charge is 0.463 e. The second-order valence-electron chi connectivity index (χ2n) is 6.93. The summed E-state index contributed by atoms with van der Waals surface area (Å²) in [5.74, 6) is -0.392. The third kappa shape index (κ3) is 3.73. The van der Waals surface area contributed by atoms with Crippen LogP contribution in [0, 0.1) is 0 Å². The van der Waals surface area contributed by atoms with Crippen molar-refractivity contribution in [3.63, 3.8) is 0 Å². The number of allylic oxidation sites excluding steroid dienone is 1. The highest BCUT2D eigenvalue weighted by atomic mass is 35.5. The minimum absolute atomic E-state index is 0.0775. The van der Waals surface area contributed by atoms with Gasteiger partial charge in [0.05, 0.1) is 23.9 Å². The molecule has 0 radical (unpaired) electrons. The van der Waals surface area contributed by atoms with Crippen molar-refractivity contribution in [3.05, 3.63) is 87.7 Å². The zero-order chi connectivity index (χ0) is 21.3. The maximum atomic E-state index is 13.0. The summed E-state index contributed by atoms with van der Waals surface area (Å²) >= 11 is 7.53. The lowest BCUT2D eigenvalue weighted by Gasteiger charge is -2.41. The summed E-state index contributed by atoms with van der Waals surface area (Å²) in [6.07, 6.45) is 1.79. The summed E-state index contributed by atoms with van der Waals surface area (Å²) in [5.41, 5.74) is 3.04. The minimum atomic E-state index is -0.454. The van der Waals surface area contributed by atoms with Crippen molar-refractivity contribution in [3.8, 4) is 0 Å². The number of benzene rings is 2. The Morgan fingerprint density at radius 3 is 2.60 bits per heavy atom. The van der Waals surface area contributed by atoms with Gasteiger partial charge in [0.15, 0.2) is 5.50 Å². The van der Waals surface area contributed by atoms with E-state index in [-0.39, 0.29) is 17.2 Å². The molecule has 7 heteroatoms. The van der Waals surface area contributed by atoms with Crippen molar-refractivity contribution in [2.75, 3.05) is 6.61 Å². The van der Waals surface area contributed by atoms with E-state index in [1.54, 1.807) is 19.1 Å². The van der Waals surface area contributed by atoms with Crippen LogP contribution in [0.25, 0.3) is 6.08 Å². The molecule has 2 aromatic rings. The summed E-state index contributed by atoms with van der Waals surface area (Å²) in [4.78, 5) is 27.8. The Kier molecular flexibility index (Phi) is 5.88. The molecule has 2 unspecified atom stereocenters. The Labute approximate surface area is 184 Å². The standard InChI is InChI=1S/C23H21ClN2O3S/c1-3-29-21(27)19-14(2)25-23-26(20(19)15-9-5-4-6-10-15)18(22(28)30-23)13-16-11-7-8-12-17(16)24/h4-13,20,23,25H,3H2,1-2H3/b18-13+. The molecule has 4 rings (SSSR count). The average molecular weight is 441 g/mol. The van der Waals surface area contributed by atoms with Crippen molar-refractivity contribution in [2.45, 2.75) is 25.4 Å². The lowest BCUT2D eigenvalue weighted by molar-refractivity contribution is -0.139. The topological polar surface area (TPSA) is 58.6 Å². The van der Waals surface area contributed by atoms with Gasteiger partial charge in [-0.05, 0) is 48.9 Å². The smallest absolute Gasteiger partial charge is 0.338 e. The molecule has 0 aromatic heterocycles. The van der Waals surface area contributed by atoms with E-state index in [0.717, 1.165) is 11.1 Å². The molecule has 30 heavy (non-hydrogen) atoms. The highest BCUT2D eigenvalue weighted by Gasteiger charge is 2.47. The number of rotatable bonds is 4. The van der Waals surface area contributed by atoms with Crippen LogP contribution in [-0.4, -0.2) is 28.1 Å². The molecule has 2 aliphatic heterocycles. The quantitative estimate of drug-likeness (QED) is 0.548. The van der Waals surface area contributed by atoms with Crippen LogP contribution in [0.2, 0.25) is 5.02 Å². The number of hydrogen-bond acceptors (Lipinski definition) is 6. The monoisotopic (exact) mass is 440 g/mol. The van der Waals surface area contributed by atoms with Crippen LogP contribution in [0.15, 0.2) is 71.6 Å². The van der Waals surface area contributed by atoms with Crippen LogP contribution < -0.4 is 5.32 Å². The third-order valence-electron chi connectivity index (χ3n) is 5.06. The first kappa shape index (κ1) is 20.6. The van der Waals surface area contributed by atoms with E-state index >= 15 is 0 Å². The summed E-state index contributed by atoms with van der Waals surface area (Å²) in [5, 5.41) is 3.78. The van der Waals surface area contributed by atoms with Gasteiger partial charge in [0.1, 0.15) is 0 Å². The van der Waals surface area contributed by atoms with Gasteiger partial charge in [-0.25, -0.2) is 4.79 Å². The fraction of sp³-hybridized carbons (Fsp3) is 0.217. The molecule has 1 fully saturated rings. The van der Waals surface area contributed by atoms with Crippen LogP contribution in [-0.2, 0) is 14.3 Å². The van der Waals surface area contributed by atoms with E-state index < -0.39 is 12.0 Å². The predicted molar refractivity (Wildman–Crippen MR) is 119 cm³/mol. The van der Waals surface area contributed by atoms with E-state index in [1.807, 2.05) is 60.4 Å². The van der Waals surface area contributed by atoms with Crippen LogP contribution >= 0.6 is 23.4 Å². The van der Waals surface area contributed by atoms with Gasteiger partial charge in [-0.2, -0.15) is 0 Å². The zero-order valence-corrected chi connectivity index (χ0v) is 18.2. The number of hydrogen-bond donors (Lipinski definition) is 1. The molecular weight excluding hydrogens is 420 g/mol. The van der Waals surface area contributed by atoms with Gasteiger partial charge in [0.2, 0.25) is 5.12 Å². The Bertz CT molecular complexity index is 1050. The molecule has 1 N–H and O–H groups in total. The average Bonchev–Trinajstić information content (AvgIpc) is 3.04. The summed E-state index contributed by atoms with van der Waals surface area (Å²) in [6, 6.07) is 16.6. The van der Waals surface area contributed by atoms with Crippen molar-refractivity contribution < 1.29 is 14.3 Å². The number of carbonyl (C=O) groups excluding carboxylic acids is 2. The number of nitrogens with one attached hydrogen (secondary N) is 1. The van der Waals surface area contributed by atoms with Crippen molar-refractivity contribution >= 4 is 40.5 Å². The molecule has 5 nitrogen and oxygen atoms in total. The summed E-state index contributed by atoms with van der Waals surface area (Å²) in [6.45, 7) is 3.90. The lowest BCUT2D eigenvalue weighted by Crippen LogP contribution is -2.47. The van der Waals surface area contributed by atoms with E-state index in [4.69, 9.17) is 16.3 Å². The molecule has 2 aliphatic rings. The van der Waals surface area contributed by atoms with Gasteiger partial charge in [0.25, 0.3) is 0 Å². The second-order valence-corrected chi connectivity index (χ2v) is 8.39. The van der Waals surface area contributed by atoms with Gasteiger partial charge >= 0.3 is 5.97 Å². The van der Waals surface area contributed by atoms with Crippen molar-refractivity contribution in [1.29, 1.82) is 0 Å². The Morgan fingerprint density at radius 2 is 1.90 bits per heavy atom. The van der Waals surface area contributed by atoms with E-state index in [0.29, 0.717) is 22.0 Å². The second kappa shape index (κ2) is 8.58. The highest BCUT2D eigenvalue weighted by Crippen LogP contribution is 2.46. The Balaban J connectivity index is 1.87. The third-order valence-corrected chi connectivity index (χ3v) is 6.40. The Hall–Kier alpha value is -2.70. The molecule has 2 aromatic carbocycles. The first-order valence-corrected chi connectivity index (χ1v) is 10.9. The molecule has 2 heterocycles. The normalized spacial score (nSPS) is 22.2. The Morgan fingerprint density at radius 1 is 1.20 bits per heavy atom. The molecule has 154 valence electrons. The summed E-state index contributed by atoms with van der Waals surface area (Å²) < 4.78 is 5.36. The first-order chi connectivity index (χ1) is 14.5. The number of thioether (sulfide) groups is 1. The molecule has 2 atom stereocenters. The molecule has 0 saturated carbocycles. The molecular formula is C23H21ClN2O3S. The summed E-state index contributed by atoms with van der Waals surface area (Å²) in [7, 11) is 0. The number of carbonyl (C=O) groups is 2. The van der Waals surface area contributed by atoms with Gasteiger partial charge in [-0.3, -0.25) is 4.79 Å². The lowest BCUT2D eigenvalue weighted by atomic mass is 9.93. The maximum absolute atomic E-state index is 13.0. The van der Waals surface area contributed by atoms with E-state index in [2.05, 4.69) is 5.32 Å². The van der Waals surface area contributed by atoms with Crippen molar-refractivity contribution in [1.82, 2.24) is 10.2 Å². The fourth-order valence-corrected chi connectivity index (χ4v) is 5.00. The van der Waals surface area contributed by atoms with Gasteiger partial charge in [-0.1, -0.05) is 60.1 Å². The predicted octanol–water partition coefficient (Wildman–Crippen LogP) is 4.72. The zero-order valence-electron chi connectivity index (χ0n) is 16.6. The molecule has 0 aliphatic carbocycles. The number of fused-ring (bicyclic) bond motifs is 1. The molecule has 0 amide bonds. The number of ether oxygens (including phenoxy) is 1. The van der Waals surface area contributed by atoms with Crippen LogP contribution in [0.3, 0.4) is 0 Å². The number of halogens is 1. The van der Waals surface area contributed by atoms with E-state index in [1.165, 1.54) is 11.8 Å². The van der Waals surface area contributed by atoms with Crippen LogP contribution in [0.1, 0.15) is 31.0 Å². The number of esters is 1. The van der Waals surface area contributed by atoms with Crippen molar-refractivity contribution in [2.24, 2.45) is 0 Å². The van der Waals surface area contributed by atoms with Crippen LogP contribution in [0.4, 0.5) is 0 Å². The number of nitrogens with zero attached hydrogens (tertiary/aromatic N) is 1. The molecule has 0 bridgehead atoms. The fourth-order valence-electron chi connectivity index (χ4n) is 3.74. The highest BCUT2D eigenvalue weighted by molar-refractivity contribution is 8.15. The van der Waals surface area contributed by atoms with Gasteiger partial charge < -0.3 is 15.0 Å².